The predicted octanol–water partition coefficient (Wildman–Crippen LogP) is 2.55. The minimum Gasteiger partial charge on any atom is -0.383 e. The van der Waals surface area contributed by atoms with Gasteiger partial charge in [-0.2, -0.15) is 0 Å². The molecule has 0 fully saturated rings. The maximum absolute atomic E-state index is 5.03. The first-order valence-electron chi connectivity index (χ1n) is 6.07. The number of imidazole rings is 1. The van der Waals surface area contributed by atoms with Crippen molar-refractivity contribution in [3.8, 4) is 5.69 Å². The first-order valence-corrected chi connectivity index (χ1v) is 6.07. The van der Waals surface area contributed by atoms with Crippen LogP contribution in [0.15, 0.2) is 30.6 Å². The average molecular weight is 245 g/mol. The van der Waals surface area contributed by atoms with Crippen molar-refractivity contribution in [3.05, 3.63) is 41.7 Å². The highest BCUT2D eigenvalue weighted by Crippen LogP contribution is 2.20. The van der Waals surface area contributed by atoms with Crippen LogP contribution in [0.4, 0.5) is 5.95 Å². The molecule has 4 nitrogen and oxygen atoms in total. The number of anilines is 1. The third kappa shape index (κ3) is 2.54. The van der Waals surface area contributed by atoms with E-state index in [4.69, 9.17) is 4.74 Å². The fraction of sp³-hybridized carbons (Fsp3) is 0.357. The van der Waals surface area contributed by atoms with E-state index in [1.165, 1.54) is 11.1 Å². The van der Waals surface area contributed by atoms with E-state index < -0.39 is 0 Å². The maximum Gasteiger partial charge on any atom is 0.207 e. The molecular formula is C14H19N3O. The number of rotatable bonds is 5. The van der Waals surface area contributed by atoms with Crippen LogP contribution >= 0.6 is 0 Å². The van der Waals surface area contributed by atoms with Gasteiger partial charge in [0.15, 0.2) is 0 Å². The van der Waals surface area contributed by atoms with E-state index in [0.29, 0.717) is 6.61 Å². The summed E-state index contributed by atoms with van der Waals surface area (Å²) in [5.41, 5.74) is 3.71. The fourth-order valence-electron chi connectivity index (χ4n) is 1.89. The van der Waals surface area contributed by atoms with Gasteiger partial charge in [-0.1, -0.05) is 12.1 Å². The monoisotopic (exact) mass is 245 g/mol. The van der Waals surface area contributed by atoms with E-state index in [0.717, 1.165) is 18.2 Å². The van der Waals surface area contributed by atoms with Gasteiger partial charge in [0, 0.05) is 26.0 Å². The third-order valence-electron chi connectivity index (χ3n) is 3.07. The number of aromatic nitrogens is 2. The Morgan fingerprint density at radius 3 is 2.94 bits per heavy atom. The molecule has 1 aromatic heterocycles. The Bertz CT molecular complexity index is 520. The molecule has 18 heavy (non-hydrogen) atoms. The lowest BCUT2D eigenvalue weighted by Gasteiger charge is -2.13. The second kappa shape index (κ2) is 5.69. The van der Waals surface area contributed by atoms with Crippen molar-refractivity contribution >= 4 is 5.95 Å². The number of methoxy groups -OCH3 is 1. The molecule has 2 rings (SSSR count). The van der Waals surface area contributed by atoms with E-state index in [-0.39, 0.29) is 0 Å². The predicted molar refractivity (Wildman–Crippen MR) is 73.4 cm³/mol. The molecule has 0 aliphatic heterocycles. The zero-order chi connectivity index (χ0) is 13.0. The molecule has 0 aliphatic carbocycles. The van der Waals surface area contributed by atoms with Crippen LogP contribution in [0.5, 0.6) is 0 Å². The molecule has 0 saturated carbocycles. The van der Waals surface area contributed by atoms with Crippen molar-refractivity contribution in [1.82, 2.24) is 9.55 Å². The molecule has 96 valence electrons. The van der Waals surface area contributed by atoms with Gasteiger partial charge in [-0.15, -0.1) is 0 Å². The van der Waals surface area contributed by atoms with Crippen molar-refractivity contribution in [3.63, 3.8) is 0 Å². The minimum atomic E-state index is 0.666. The summed E-state index contributed by atoms with van der Waals surface area (Å²) in [4.78, 5) is 4.33. The molecule has 1 heterocycles. The Hall–Kier alpha value is -1.81. The van der Waals surface area contributed by atoms with Gasteiger partial charge in [-0.05, 0) is 31.0 Å². The molecule has 1 N–H and O–H groups in total. The smallest absolute Gasteiger partial charge is 0.207 e. The summed E-state index contributed by atoms with van der Waals surface area (Å²) in [6.07, 6.45) is 3.77. The summed E-state index contributed by atoms with van der Waals surface area (Å²) in [6, 6.07) is 6.29. The Balaban J connectivity index is 2.28. The summed E-state index contributed by atoms with van der Waals surface area (Å²) in [7, 11) is 1.69. The van der Waals surface area contributed by atoms with Crippen molar-refractivity contribution in [2.45, 2.75) is 13.8 Å². The number of benzene rings is 1. The highest BCUT2D eigenvalue weighted by molar-refractivity contribution is 5.49. The van der Waals surface area contributed by atoms with Crippen LogP contribution in [0.1, 0.15) is 11.1 Å². The second-order valence-corrected chi connectivity index (χ2v) is 4.26. The molecule has 0 amide bonds. The van der Waals surface area contributed by atoms with Gasteiger partial charge in [0.25, 0.3) is 0 Å². The highest BCUT2D eigenvalue weighted by Gasteiger charge is 2.07. The molecule has 0 atom stereocenters. The van der Waals surface area contributed by atoms with Crippen molar-refractivity contribution in [1.29, 1.82) is 0 Å². The summed E-state index contributed by atoms with van der Waals surface area (Å²) >= 11 is 0. The van der Waals surface area contributed by atoms with Crippen LogP contribution in [-0.4, -0.2) is 29.8 Å². The summed E-state index contributed by atoms with van der Waals surface area (Å²) in [5, 5.41) is 3.27. The second-order valence-electron chi connectivity index (χ2n) is 4.26. The summed E-state index contributed by atoms with van der Waals surface area (Å²) in [5.74, 6) is 0.848. The van der Waals surface area contributed by atoms with E-state index in [9.17, 15) is 0 Å². The van der Waals surface area contributed by atoms with E-state index in [2.05, 4.69) is 46.9 Å². The van der Waals surface area contributed by atoms with Crippen molar-refractivity contribution < 1.29 is 4.74 Å². The minimum absolute atomic E-state index is 0.666. The maximum atomic E-state index is 5.03. The van der Waals surface area contributed by atoms with E-state index in [1.807, 2.05) is 6.20 Å². The van der Waals surface area contributed by atoms with Crippen LogP contribution in [0.3, 0.4) is 0 Å². The number of nitrogens with one attached hydrogen (secondary N) is 1. The largest absolute Gasteiger partial charge is 0.383 e. The van der Waals surface area contributed by atoms with Gasteiger partial charge in [0.1, 0.15) is 0 Å². The Kier molecular flexibility index (Phi) is 3.99. The molecule has 0 saturated heterocycles. The Morgan fingerprint density at radius 1 is 1.33 bits per heavy atom. The molecule has 0 bridgehead atoms. The van der Waals surface area contributed by atoms with Gasteiger partial charge in [0.2, 0.25) is 5.95 Å². The van der Waals surface area contributed by atoms with Gasteiger partial charge in [0.05, 0.1) is 12.3 Å². The van der Waals surface area contributed by atoms with Crippen LogP contribution < -0.4 is 5.32 Å². The first-order chi connectivity index (χ1) is 8.74. The molecule has 0 radical (unpaired) electrons. The number of ether oxygens (including phenoxy) is 1. The third-order valence-corrected chi connectivity index (χ3v) is 3.07. The quantitative estimate of drug-likeness (QED) is 0.823. The van der Waals surface area contributed by atoms with Gasteiger partial charge >= 0.3 is 0 Å². The first kappa shape index (κ1) is 12.6. The number of hydrogen-bond donors (Lipinski definition) is 1. The zero-order valence-electron chi connectivity index (χ0n) is 11.1. The summed E-state index contributed by atoms with van der Waals surface area (Å²) < 4.78 is 7.10. The molecule has 0 unspecified atom stereocenters. The molecule has 2 aromatic rings. The Labute approximate surface area is 108 Å². The standard InChI is InChI=1S/C14H19N3O/c1-11-5-4-6-13(12(11)2)17-9-7-15-14(17)16-8-10-18-3/h4-7,9H,8,10H2,1-3H3,(H,15,16). The lowest BCUT2D eigenvalue weighted by atomic mass is 10.1. The normalized spacial score (nSPS) is 10.6. The zero-order valence-corrected chi connectivity index (χ0v) is 11.1. The molecule has 1 aromatic carbocycles. The van der Waals surface area contributed by atoms with Crippen molar-refractivity contribution in [2.24, 2.45) is 0 Å². The molecular weight excluding hydrogens is 226 g/mol. The summed E-state index contributed by atoms with van der Waals surface area (Å²) in [6.45, 7) is 5.66. The van der Waals surface area contributed by atoms with Gasteiger partial charge in [-0.3, -0.25) is 4.57 Å². The van der Waals surface area contributed by atoms with Crippen molar-refractivity contribution in [2.75, 3.05) is 25.6 Å². The van der Waals surface area contributed by atoms with Crippen LogP contribution in [-0.2, 0) is 4.74 Å². The lowest BCUT2D eigenvalue weighted by Crippen LogP contribution is -2.12. The molecule has 4 heteroatoms. The van der Waals surface area contributed by atoms with E-state index >= 15 is 0 Å². The Morgan fingerprint density at radius 2 is 2.17 bits per heavy atom. The van der Waals surface area contributed by atoms with E-state index in [1.54, 1.807) is 13.3 Å². The van der Waals surface area contributed by atoms with Gasteiger partial charge in [-0.25, -0.2) is 4.98 Å². The number of hydrogen-bond acceptors (Lipinski definition) is 3. The number of nitrogens with zero attached hydrogens (tertiary/aromatic N) is 2. The fourth-order valence-corrected chi connectivity index (χ4v) is 1.89. The van der Waals surface area contributed by atoms with Gasteiger partial charge < -0.3 is 10.1 Å². The van der Waals surface area contributed by atoms with Crippen LogP contribution in [0.2, 0.25) is 0 Å². The molecule has 0 spiro atoms. The SMILES string of the molecule is COCCNc1nccn1-c1cccc(C)c1C. The molecule has 0 aliphatic rings. The highest BCUT2D eigenvalue weighted by atomic mass is 16.5. The lowest BCUT2D eigenvalue weighted by molar-refractivity contribution is 0.210. The van der Waals surface area contributed by atoms with Crippen LogP contribution in [0.25, 0.3) is 5.69 Å². The van der Waals surface area contributed by atoms with Crippen LogP contribution in [0, 0.1) is 13.8 Å². The number of aryl methyl sites for hydroxylation is 1. The topological polar surface area (TPSA) is 39.1 Å². The average Bonchev–Trinajstić information content (AvgIpc) is 2.81.